The van der Waals surface area contributed by atoms with Crippen molar-refractivity contribution >= 4 is 33.4 Å². The van der Waals surface area contributed by atoms with Crippen LogP contribution in [-0.4, -0.2) is 29.1 Å². The molecule has 3 aromatic rings. The number of hydrogen-bond donors (Lipinski definition) is 3. The standard InChI is InChI=1S/C23H26N2O3/c1-14(2)11-21(26)23(28)25-20(22(24)27)13-19-17-9-5-3-7-15(17)12-16-8-4-6-10-18(16)19/h3-10,12,14,20-21,26H,11,13H2,1-2H3,(H2,24,27)(H,25,28)/t20-,21+/m1/s1. The van der Waals surface area contributed by atoms with Gasteiger partial charge in [0.15, 0.2) is 0 Å². The highest BCUT2D eigenvalue weighted by Crippen LogP contribution is 2.29. The number of aliphatic hydroxyl groups is 1. The number of carbonyl (C=O) groups is 2. The predicted octanol–water partition coefficient (Wildman–Crippen LogP) is 2.91. The van der Waals surface area contributed by atoms with E-state index in [1.807, 2.05) is 62.4 Å². The van der Waals surface area contributed by atoms with Gasteiger partial charge in [0.05, 0.1) is 0 Å². The maximum atomic E-state index is 12.3. The van der Waals surface area contributed by atoms with Gasteiger partial charge in [0.1, 0.15) is 12.1 Å². The molecule has 0 fully saturated rings. The average Bonchev–Trinajstić information content (AvgIpc) is 2.66. The highest BCUT2D eigenvalue weighted by Gasteiger charge is 2.25. The van der Waals surface area contributed by atoms with Gasteiger partial charge in [0, 0.05) is 6.42 Å². The fourth-order valence-electron chi connectivity index (χ4n) is 3.58. The molecule has 0 saturated heterocycles. The molecule has 3 aromatic carbocycles. The second-order valence-electron chi connectivity index (χ2n) is 7.61. The summed E-state index contributed by atoms with van der Waals surface area (Å²) in [6, 6.07) is 17.1. The molecule has 0 heterocycles. The van der Waals surface area contributed by atoms with E-state index in [-0.39, 0.29) is 12.3 Å². The van der Waals surface area contributed by atoms with E-state index >= 15 is 0 Å². The zero-order valence-electron chi connectivity index (χ0n) is 16.2. The van der Waals surface area contributed by atoms with Crippen LogP contribution in [0, 0.1) is 5.92 Å². The molecule has 0 aliphatic rings. The van der Waals surface area contributed by atoms with Crippen molar-refractivity contribution in [2.45, 2.75) is 38.8 Å². The molecule has 0 bridgehead atoms. The molecule has 0 spiro atoms. The summed E-state index contributed by atoms with van der Waals surface area (Å²) in [6.45, 7) is 3.84. The number of primary amides is 1. The van der Waals surface area contributed by atoms with Crippen molar-refractivity contribution in [3.63, 3.8) is 0 Å². The number of aliphatic hydroxyl groups excluding tert-OH is 1. The van der Waals surface area contributed by atoms with Crippen LogP contribution >= 0.6 is 0 Å². The van der Waals surface area contributed by atoms with Gasteiger partial charge < -0.3 is 16.2 Å². The van der Waals surface area contributed by atoms with Crippen molar-refractivity contribution < 1.29 is 14.7 Å². The quantitative estimate of drug-likeness (QED) is 0.552. The lowest BCUT2D eigenvalue weighted by atomic mass is 9.92. The van der Waals surface area contributed by atoms with Gasteiger partial charge >= 0.3 is 0 Å². The third-order valence-corrected chi connectivity index (χ3v) is 4.95. The zero-order valence-corrected chi connectivity index (χ0v) is 16.2. The summed E-state index contributed by atoms with van der Waals surface area (Å²) in [5.41, 5.74) is 6.54. The van der Waals surface area contributed by atoms with Crippen molar-refractivity contribution in [1.29, 1.82) is 0 Å². The molecule has 2 amide bonds. The number of carbonyl (C=O) groups excluding carboxylic acids is 2. The Morgan fingerprint density at radius 2 is 1.54 bits per heavy atom. The van der Waals surface area contributed by atoms with Gasteiger partial charge in [0.2, 0.25) is 11.8 Å². The molecule has 3 rings (SSSR count). The van der Waals surface area contributed by atoms with Crippen LogP contribution in [0.3, 0.4) is 0 Å². The van der Waals surface area contributed by atoms with Crippen LogP contribution in [0.2, 0.25) is 0 Å². The van der Waals surface area contributed by atoms with Crippen LogP contribution in [0.15, 0.2) is 54.6 Å². The van der Waals surface area contributed by atoms with Crippen LogP contribution in [0.1, 0.15) is 25.8 Å². The molecule has 4 N–H and O–H groups in total. The molecule has 0 aliphatic carbocycles. The SMILES string of the molecule is CC(C)C[C@H](O)C(=O)N[C@H](Cc1c2ccccc2cc2ccccc12)C(N)=O. The van der Waals surface area contributed by atoms with Gasteiger partial charge in [-0.25, -0.2) is 0 Å². The van der Waals surface area contributed by atoms with E-state index in [0.29, 0.717) is 6.42 Å². The Morgan fingerprint density at radius 1 is 1.00 bits per heavy atom. The number of benzene rings is 3. The van der Waals surface area contributed by atoms with E-state index in [1.54, 1.807) is 0 Å². The molecular formula is C23H26N2O3. The van der Waals surface area contributed by atoms with E-state index in [9.17, 15) is 14.7 Å². The molecule has 146 valence electrons. The van der Waals surface area contributed by atoms with Gasteiger partial charge in [-0.05, 0) is 45.5 Å². The minimum atomic E-state index is -1.16. The monoisotopic (exact) mass is 378 g/mol. The molecule has 0 unspecified atom stereocenters. The van der Waals surface area contributed by atoms with E-state index < -0.39 is 24.0 Å². The fourth-order valence-corrected chi connectivity index (χ4v) is 3.58. The van der Waals surface area contributed by atoms with E-state index in [2.05, 4.69) is 11.4 Å². The van der Waals surface area contributed by atoms with Crippen molar-refractivity contribution in [1.82, 2.24) is 5.32 Å². The maximum absolute atomic E-state index is 12.3. The first-order chi connectivity index (χ1) is 13.4. The van der Waals surface area contributed by atoms with Crippen molar-refractivity contribution in [2.24, 2.45) is 11.7 Å². The lowest BCUT2D eigenvalue weighted by Gasteiger charge is -2.21. The Balaban J connectivity index is 1.98. The van der Waals surface area contributed by atoms with E-state index in [4.69, 9.17) is 5.73 Å². The second-order valence-corrected chi connectivity index (χ2v) is 7.61. The molecule has 5 heteroatoms. The smallest absolute Gasteiger partial charge is 0.249 e. The van der Waals surface area contributed by atoms with Crippen LogP contribution < -0.4 is 11.1 Å². The van der Waals surface area contributed by atoms with Crippen LogP contribution in [0.5, 0.6) is 0 Å². The number of nitrogens with two attached hydrogens (primary N) is 1. The minimum Gasteiger partial charge on any atom is -0.383 e. The third-order valence-electron chi connectivity index (χ3n) is 4.95. The zero-order chi connectivity index (χ0) is 20.3. The van der Waals surface area contributed by atoms with Crippen molar-refractivity contribution in [2.75, 3.05) is 0 Å². The molecule has 0 radical (unpaired) electrons. The minimum absolute atomic E-state index is 0.162. The third kappa shape index (κ3) is 4.31. The number of fused-ring (bicyclic) bond motifs is 2. The molecule has 0 aromatic heterocycles. The Morgan fingerprint density at radius 3 is 2.04 bits per heavy atom. The number of nitrogens with one attached hydrogen (secondary N) is 1. The molecule has 5 nitrogen and oxygen atoms in total. The van der Waals surface area contributed by atoms with Crippen LogP contribution in [0.25, 0.3) is 21.5 Å². The van der Waals surface area contributed by atoms with Crippen LogP contribution in [0.4, 0.5) is 0 Å². The maximum Gasteiger partial charge on any atom is 0.249 e. The molecule has 2 atom stereocenters. The highest BCUT2D eigenvalue weighted by molar-refractivity contribution is 6.03. The summed E-state index contributed by atoms with van der Waals surface area (Å²) in [5.74, 6) is -1.03. The van der Waals surface area contributed by atoms with Gasteiger partial charge in [-0.2, -0.15) is 0 Å². The summed E-state index contributed by atoms with van der Waals surface area (Å²) < 4.78 is 0. The van der Waals surface area contributed by atoms with Gasteiger partial charge in [0.25, 0.3) is 0 Å². The topological polar surface area (TPSA) is 92.4 Å². The lowest BCUT2D eigenvalue weighted by molar-refractivity contribution is -0.133. The predicted molar refractivity (Wildman–Crippen MR) is 112 cm³/mol. The summed E-state index contributed by atoms with van der Waals surface area (Å²) in [4.78, 5) is 24.4. The normalized spacial score (nSPS) is 13.6. The first-order valence-corrected chi connectivity index (χ1v) is 9.54. The van der Waals surface area contributed by atoms with Gasteiger partial charge in [-0.1, -0.05) is 62.4 Å². The van der Waals surface area contributed by atoms with Gasteiger partial charge in [-0.15, -0.1) is 0 Å². The highest BCUT2D eigenvalue weighted by atomic mass is 16.3. The summed E-state index contributed by atoms with van der Waals surface area (Å²) >= 11 is 0. The Bertz CT molecular complexity index is 959. The fraction of sp³-hybridized carbons (Fsp3) is 0.304. The number of hydrogen-bond acceptors (Lipinski definition) is 3. The first-order valence-electron chi connectivity index (χ1n) is 9.54. The first kappa shape index (κ1) is 19.8. The van der Waals surface area contributed by atoms with Gasteiger partial charge in [-0.3, -0.25) is 9.59 Å². The van der Waals surface area contributed by atoms with Crippen LogP contribution in [-0.2, 0) is 16.0 Å². The Hall–Kier alpha value is -2.92. The second kappa shape index (κ2) is 8.40. The average molecular weight is 378 g/mol. The summed E-state index contributed by atoms with van der Waals surface area (Å²) in [5, 5.41) is 16.9. The van der Waals surface area contributed by atoms with Crippen molar-refractivity contribution in [3.05, 3.63) is 60.2 Å². The summed E-state index contributed by atoms with van der Waals surface area (Å²) in [6.07, 6.45) is -0.572. The van der Waals surface area contributed by atoms with E-state index in [0.717, 1.165) is 27.1 Å². The largest absolute Gasteiger partial charge is 0.383 e. The Kier molecular flexibility index (Phi) is 5.95. The molecule has 0 aliphatic heterocycles. The van der Waals surface area contributed by atoms with E-state index in [1.165, 1.54) is 0 Å². The summed E-state index contributed by atoms with van der Waals surface area (Å²) in [7, 11) is 0. The number of amides is 2. The number of rotatable bonds is 7. The molecule has 0 saturated carbocycles. The molecular weight excluding hydrogens is 352 g/mol. The Labute approximate surface area is 164 Å². The van der Waals surface area contributed by atoms with Crippen molar-refractivity contribution in [3.8, 4) is 0 Å². The molecule has 28 heavy (non-hydrogen) atoms. The lowest BCUT2D eigenvalue weighted by Crippen LogP contribution is -2.49.